The summed E-state index contributed by atoms with van der Waals surface area (Å²) in [4.78, 5) is 39.5. The number of ether oxygens (including phenoxy) is 2. The third-order valence-corrected chi connectivity index (χ3v) is 5.57. The van der Waals surface area contributed by atoms with Gasteiger partial charge in [0.25, 0.3) is 0 Å². The molecule has 1 N–H and O–H groups in total. The number of carbonyl (C=O) groups is 3. The summed E-state index contributed by atoms with van der Waals surface area (Å²) in [7, 11) is 0. The second-order valence-electron chi connectivity index (χ2n) is 6.40. The summed E-state index contributed by atoms with van der Waals surface area (Å²) in [5, 5.41) is 3.36. The summed E-state index contributed by atoms with van der Waals surface area (Å²) >= 11 is 1.39. The van der Waals surface area contributed by atoms with Crippen LogP contribution in [0.5, 0.6) is 0 Å². The van der Waals surface area contributed by atoms with Crippen molar-refractivity contribution in [1.29, 1.82) is 0 Å². The van der Waals surface area contributed by atoms with Crippen molar-refractivity contribution in [1.82, 2.24) is 4.90 Å². The number of nitrogens with one attached hydrogen (secondary N) is 1. The largest absolute Gasteiger partial charge is 0.466 e. The molecule has 1 unspecified atom stereocenters. The van der Waals surface area contributed by atoms with E-state index in [2.05, 4.69) is 5.32 Å². The van der Waals surface area contributed by atoms with Crippen molar-refractivity contribution < 1.29 is 23.9 Å². The molecule has 2 heterocycles. The van der Waals surface area contributed by atoms with E-state index >= 15 is 0 Å². The van der Waals surface area contributed by atoms with E-state index in [-0.39, 0.29) is 30.9 Å². The smallest absolute Gasteiger partial charge is 0.341 e. The van der Waals surface area contributed by atoms with Crippen molar-refractivity contribution >= 4 is 34.2 Å². The van der Waals surface area contributed by atoms with Gasteiger partial charge >= 0.3 is 11.9 Å². The zero-order valence-electron chi connectivity index (χ0n) is 16.2. The third kappa shape index (κ3) is 6.04. The number of likely N-dealkylation sites (tertiary alicyclic amines) is 1. The second kappa shape index (κ2) is 10.4. The maximum atomic E-state index is 12.5. The van der Waals surface area contributed by atoms with Gasteiger partial charge in [0.2, 0.25) is 5.91 Å². The lowest BCUT2D eigenvalue weighted by Gasteiger charge is -2.30. The molecule has 1 aliphatic rings. The SMILES string of the molecule is CCOC(=O)c1cc(CC)sc1NC(=O)CN1CCCC(C(=O)OCC)C1. The molecule has 1 fully saturated rings. The van der Waals surface area contributed by atoms with E-state index in [9.17, 15) is 14.4 Å². The third-order valence-electron chi connectivity index (χ3n) is 4.37. The minimum absolute atomic E-state index is 0.178. The van der Waals surface area contributed by atoms with Gasteiger partial charge in [-0.25, -0.2) is 4.79 Å². The molecule has 1 amide bonds. The van der Waals surface area contributed by atoms with Crippen molar-refractivity contribution in [3.63, 3.8) is 0 Å². The van der Waals surface area contributed by atoms with E-state index in [4.69, 9.17) is 9.47 Å². The quantitative estimate of drug-likeness (QED) is 0.680. The molecule has 27 heavy (non-hydrogen) atoms. The Morgan fingerprint density at radius 2 is 1.96 bits per heavy atom. The van der Waals surface area contributed by atoms with Crippen LogP contribution < -0.4 is 5.32 Å². The molecule has 1 atom stereocenters. The van der Waals surface area contributed by atoms with Gasteiger partial charge in [-0.1, -0.05) is 6.92 Å². The van der Waals surface area contributed by atoms with Crippen LogP contribution in [0.2, 0.25) is 0 Å². The van der Waals surface area contributed by atoms with Gasteiger partial charge in [0.15, 0.2) is 0 Å². The Labute approximate surface area is 164 Å². The zero-order chi connectivity index (χ0) is 19.8. The number of aryl methyl sites for hydroxylation is 1. The first-order valence-electron chi connectivity index (χ1n) is 9.47. The van der Waals surface area contributed by atoms with Crippen LogP contribution in [0.25, 0.3) is 0 Å². The van der Waals surface area contributed by atoms with Crippen LogP contribution in [0.4, 0.5) is 5.00 Å². The molecular weight excluding hydrogens is 368 g/mol. The fourth-order valence-corrected chi connectivity index (χ4v) is 4.09. The van der Waals surface area contributed by atoms with E-state index < -0.39 is 5.97 Å². The first kappa shape index (κ1) is 21.4. The highest BCUT2D eigenvalue weighted by molar-refractivity contribution is 7.16. The van der Waals surface area contributed by atoms with E-state index in [0.29, 0.717) is 23.7 Å². The number of rotatable bonds is 8. The molecule has 0 radical (unpaired) electrons. The summed E-state index contributed by atoms with van der Waals surface area (Å²) in [5.74, 6) is -1.01. The van der Waals surface area contributed by atoms with Crippen LogP contribution in [0.15, 0.2) is 6.07 Å². The molecule has 8 heteroatoms. The number of hydrogen-bond acceptors (Lipinski definition) is 7. The summed E-state index contributed by atoms with van der Waals surface area (Å²) in [6.45, 7) is 7.64. The van der Waals surface area contributed by atoms with Crippen molar-refractivity contribution in [3.05, 3.63) is 16.5 Å². The molecule has 0 aliphatic carbocycles. The Balaban J connectivity index is 1.98. The van der Waals surface area contributed by atoms with Crippen LogP contribution >= 0.6 is 11.3 Å². The fraction of sp³-hybridized carbons (Fsp3) is 0.632. The minimum Gasteiger partial charge on any atom is -0.466 e. The highest BCUT2D eigenvalue weighted by Crippen LogP contribution is 2.29. The van der Waals surface area contributed by atoms with Crippen molar-refractivity contribution in [2.45, 2.75) is 40.0 Å². The number of amides is 1. The molecule has 1 aliphatic heterocycles. The molecule has 0 spiro atoms. The van der Waals surface area contributed by atoms with Gasteiger partial charge in [0.1, 0.15) is 5.00 Å². The number of esters is 2. The van der Waals surface area contributed by atoms with E-state index in [1.807, 2.05) is 11.8 Å². The zero-order valence-corrected chi connectivity index (χ0v) is 17.0. The maximum Gasteiger partial charge on any atom is 0.341 e. The van der Waals surface area contributed by atoms with E-state index in [0.717, 1.165) is 30.7 Å². The summed E-state index contributed by atoms with van der Waals surface area (Å²) < 4.78 is 10.2. The van der Waals surface area contributed by atoms with Gasteiger partial charge < -0.3 is 14.8 Å². The van der Waals surface area contributed by atoms with Crippen LogP contribution in [-0.4, -0.2) is 55.6 Å². The highest BCUT2D eigenvalue weighted by atomic mass is 32.1. The van der Waals surface area contributed by atoms with Crippen LogP contribution in [0.3, 0.4) is 0 Å². The van der Waals surface area contributed by atoms with Gasteiger partial charge in [-0.3, -0.25) is 14.5 Å². The molecule has 1 aromatic rings. The Morgan fingerprint density at radius 3 is 2.63 bits per heavy atom. The average Bonchev–Trinajstić information content (AvgIpc) is 3.05. The highest BCUT2D eigenvalue weighted by Gasteiger charge is 2.28. The van der Waals surface area contributed by atoms with E-state index in [1.54, 1.807) is 19.9 Å². The van der Waals surface area contributed by atoms with Gasteiger partial charge in [-0.05, 0) is 45.7 Å². The van der Waals surface area contributed by atoms with E-state index in [1.165, 1.54) is 11.3 Å². The van der Waals surface area contributed by atoms with Crippen molar-refractivity contribution in [2.75, 3.05) is 38.2 Å². The molecule has 1 aromatic heterocycles. The van der Waals surface area contributed by atoms with Gasteiger partial charge in [-0.2, -0.15) is 0 Å². The average molecular weight is 397 g/mol. The molecule has 0 saturated carbocycles. The van der Waals surface area contributed by atoms with Crippen molar-refractivity contribution in [3.8, 4) is 0 Å². The first-order chi connectivity index (χ1) is 13.0. The number of anilines is 1. The molecule has 7 nitrogen and oxygen atoms in total. The van der Waals surface area contributed by atoms with Crippen molar-refractivity contribution in [2.24, 2.45) is 5.92 Å². The minimum atomic E-state index is -0.427. The maximum absolute atomic E-state index is 12.5. The summed E-state index contributed by atoms with van der Waals surface area (Å²) in [6, 6.07) is 1.77. The Bertz CT molecular complexity index is 673. The summed E-state index contributed by atoms with van der Waals surface area (Å²) in [5.41, 5.74) is 0.398. The predicted molar refractivity (Wildman–Crippen MR) is 104 cm³/mol. The predicted octanol–water partition coefficient (Wildman–Crippen LogP) is 2.70. The number of piperidine rings is 1. The number of nitrogens with zero attached hydrogens (tertiary/aromatic N) is 1. The lowest BCUT2D eigenvalue weighted by atomic mass is 9.98. The lowest BCUT2D eigenvalue weighted by molar-refractivity contribution is -0.150. The number of thiophene rings is 1. The molecule has 1 saturated heterocycles. The Morgan fingerprint density at radius 1 is 1.22 bits per heavy atom. The first-order valence-corrected chi connectivity index (χ1v) is 10.3. The number of hydrogen-bond donors (Lipinski definition) is 1. The second-order valence-corrected chi connectivity index (χ2v) is 7.54. The van der Waals surface area contributed by atoms with Crippen LogP contribution in [0, 0.1) is 5.92 Å². The van der Waals surface area contributed by atoms with Gasteiger partial charge in [-0.15, -0.1) is 11.3 Å². The number of carbonyl (C=O) groups excluding carboxylic acids is 3. The fourth-order valence-electron chi connectivity index (χ4n) is 3.09. The van der Waals surface area contributed by atoms with Gasteiger partial charge in [0.05, 0.1) is 31.2 Å². The Hall–Kier alpha value is -1.93. The topological polar surface area (TPSA) is 84.9 Å². The standard InChI is InChI=1S/C19H28N2O5S/c1-4-14-10-15(19(24)26-6-3)17(27-14)20-16(22)12-21-9-7-8-13(11-21)18(23)25-5-2/h10,13H,4-9,11-12H2,1-3H3,(H,20,22). The van der Waals surface area contributed by atoms with Crippen LogP contribution in [0.1, 0.15) is 48.8 Å². The molecule has 0 aromatic carbocycles. The normalized spacial score (nSPS) is 17.4. The Kier molecular flexibility index (Phi) is 8.24. The monoisotopic (exact) mass is 396 g/mol. The summed E-state index contributed by atoms with van der Waals surface area (Å²) in [6.07, 6.45) is 2.42. The molecule has 0 bridgehead atoms. The molecule has 2 rings (SSSR count). The van der Waals surface area contributed by atoms with Crippen LogP contribution in [-0.2, 0) is 25.5 Å². The molecule has 150 valence electrons. The van der Waals surface area contributed by atoms with Gasteiger partial charge in [0, 0.05) is 11.4 Å². The molecular formula is C19H28N2O5S. The lowest BCUT2D eigenvalue weighted by Crippen LogP contribution is -2.43.